The number of rotatable bonds is 4. The molecule has 2 N–H and O–H groups in total. The summed E-state index contributed by atoms with van der Waals surface area (Å²) in [5, 5.41) is 13.8. The zero-order valence-electron chi connectivity index (χ0n) is 17.1. The van der Waals surface area contributed by atoms with Crippen LogP contribution < -0.4 is 20.4 Å². The molecule has 1 amide bonds. The van der Waals surface area contributed by atoms with E-state index in [1.807, 2.05) is 6.07 Å². The lowest BCUT2D eigenvalue weighted by Crippen LogP contribution is -2.35. The van der Waals surface area contributed by atoms with Gasteiger partial charge in [-0.3, -0.25) is 4.79 Å². The normalized spacial score (nSPS) is 16.9. The third kappa shape index (κ3) is 3.24. The minimum absolute atomic E-state index is 0.106. The quantitative estimate of drug-likeness (QED) is 0.475. The number of para-hydroxylation sites is 2. The van der Waals surface area contributed by atoms with Crippen LogP contribution >= 0.6 is 0 Å². The lowest BCUT2D eigenvalue weighted by atomic mass is 9.88. The lowest BCUT2D eigenvalue weighted by molar-refractivity contribution is -0.122. The number of phenolic OH excluding ortho intramolecular Hbond substituents is 1. The van der Waals surface area contributed by atoms with E-state index >= 15 is 0 Å². The van der Waals surface area contributed by atoms with Crippen molar-refractivity contribution in [3.8, 4) is 17.2 Å². The largest absolute Gasteiger partial charge is 0.504 e. The molecule has 160 valence electrons. The van der Waals surface area contributed by atoms with Gasteiger partial charge >= 0.3 is 5.63 Å². The third-order valence-electron chi connectivity index (χ3n) is 5.52. The highest BCUT2D eigenvalue weighted by Gasteiger charge is 2.44. The highest BCUT2D eigenvalue weighted by atomic mass is 16.5. The van der Waals surface area contributed by atoms with Gasteiger partial charge in [0, 0.05) is 5.69 Å². The van der Waals surface area contributed by atoms with E-state index < -0.39 is 23.6 Å². The van der Waals surface area contributed by atoms with Crippen LogP contribution in [0.5, 0.6) is 17.2 Å². The summed E-state index contributed by atoms with van der Waals surface area (Å²) >= 11 is 0. The minimum Gasteiger partial charge on any atom is -0.504 e. The number of hydrogen-bond donors (Lipinski definition) is 2. The fraction of sp³-hybridized carbons (Fsp3) is 0.120. The summed E-state index contributed by atoms with van der Waals surface area (Å²) in [5.41, 5.74) is 1.15. The molecule has 0 saturated heterocycles. The van der Waals surface area contributed by atoms with E-state index in [0.717, 1.165) is 0 Å². The van der Waals surface area contributed by atoms with Crippen LogP contribution in [-0.4, -0.2) is 24.2 Å². The molecule has 2 atom stereocenters. The summed E-state index contributed by atoms with van der Waals surface area (Å²) < 4.78 is 16.8. The molecule has 0 aliphatic carbocycles. The van der Waals surface area contributed by atoms with Crippen molar-refractivity contribution in [2.45, 2.75) is 12.0 Å². The first-order valence-electron chi connectivity index (χ1n) is 10.0. The summed E-state index contributed by atoms with van der Waals surface area (Å²) in [5.74, 6) is -0.720. The highest BCUT2D eigenvalue weighted by molar-refractivity contribution is 5.97. The number of aromatic hydroxyl groups is 1. The summed E-state index contributed by atoms with van der Waals surface area (Å²) in [6.45, 7) is 0. The van der Waals surface area contributed by atoms with Crippen molar-refractivity contribution in [2.24, 2.45) is 0 Å². The Morgan fingerprint density at radius 2 is 1.78 bits per heavy atom. The Kier molecular flexibility index (Phi) is 4.78. The van der Waals surface area contributed by atoms with Crippen molar-refractivity contribution in [2.75, 3.05) is 12.4 Å². The molecular weight excluding hydrogens is 410 g/mol. The van der Waals surface area contributed by atoms with Crippen LogP contribution in [0.2, 0.25) is 0 Å². The van der Waals surface area contributed by atoms with E-state index in [0.29, 0.717) is 28.0 Å². The zero-order valence-corrected chi connectivity index (χ0v) is 17.1. The van der Waals surface area contributed by atoms with Gasteiger partial charge in [0.25, 0.3) is 5.91 Å². The standard InChI is InChI=1S/C25H19NO6/c1-30-19-12-11-14(13-17(19)27)20-21-22(16-9-5-6-10-18(16)31-25(21)29)32-23(20)24(28)26-15-7-3-2-4-8-15/h2-13,20,23,27H,1H3,(H,26,28)/t20-,23-/m0/s1. The number of carbonyl (C=O) groups excluding carboxylic acids is 1. The van der Waals surface area contributed by atoms with Crippen molar-refractivity contribution < 1.29 is 23.8 Å². The van der Waals surface area contributed by atoms with Gasteiger partial charge in [0.05, 0.1) is 24.0 Å². The van der Waals surface area contributed by atoms with Crippen LogP contribution in [0.15, 0.2) is 82.0 Å². The Labute approximate surface area is 182 Å². The van der Waals surface area contributed by atoms with Gasteiger partial charge in [-0.25, -0.2) is 4.79 Å². The van der Waals surface area contributed by atoms with Gasteiger partial charge in [-0.2, -0.15) is 0 Å². The molecule has 2 heterocycles. The average Bonchev–Trinajstić information content (AvgIpc) is 3.22. The highest BCUT2D eigenvalue weighted by Crippen LogP contribution is 2.45. The molecule has 32 heavy (non-hydrogen) atoms. The Bertz CT molecular complexity index is 1380. The zero-order chi connectivity index (χ0) is 22.2. The maximum atomic E-state index is 13.3. The Morgan fingerprint density at radius 1 is 1.03 bits per heavy atom. The van der Waals surface area contributed by atoms with Crippen LogP contribution in [0.3, 0.4) is 0 Å². The van der Waals surface area contributed by atoms with E-state index in [9.17, 15) is 14.7 Å². The predicted molar refractivity (Wildman–Crippen MR) is 118 cm³/mol. The van der Waals surface area contributed by atoms with Crippen molar-refractivity contribution in [1.29, 1.82) is 0 Å². The first kappa shape index (κ1) is 19.7. The van der Waals surface area contributed by atoms with Crippen molar-refractivity contribution in [3.63, 3.8) is 0 Å². The van der Waals surface area contributed by atoms with E-state index in [1.54, 1.807) is 60.7 Å². The number of anilines is 1. The smallest absolute Gasteiger partial charge is 0.344 e. The average molecular weight is 429 g/mol. The van der Waals surface area contributed by atoms with Crippen LogP contribution in [0.25, 0.3) is 11.0 Å². The summed E-state index contributed by atoms with van der Waals surface area (Å²) in [4.78, 5) is 26.2. The number of nitrogens with one attached hydrogen (secondary N) is 1. The van der Waals surface area contributed by atoms with Gasteiger partial charge in [0.15, 0.2) is 17.6 Å². The Balaban J connectivity index is 1.66. The second-order valence-corrected chi connectivity index (χ2v) is 7.43. The minimum atomic E-state index is -1.05. The molecule has 5 rings (SSSR count). The van der Waals surface area contributed by atoms with E-state index in [4.69, 9.17) is 13.9 Å². The molecule has 1 aliphatic heterocycles. The summed E-state index contributed by atoms with van der Waals surface area (Å²) in [6.07, 6.45) is -1.05. The molecule has 3 aromatic carbocycles. The number of methoxy groups -OCH3 is 1. The van der Waals surface area contributed by atoms with Crippen LogP contribution in [0, 0.1) is 0 Å². The van der Waals surface area contributed by atoms with E-state index in [2.05, 4.69) is 5.32 Å². The first-order chi connectivity index (χ1) is 15.6. The second-order valence-electron chi connectivity index (χ2n) is 7.43. The summed E-state index contributed by atoms with van der Waals surface area (Å²) in [6, 6.07) is 20.7. The molecule has 1 aromatic heterocycles. The number of ether oxygens (including phenoxy) is 2. The molecule has 7 heteroatoms. The molecule has 0 radical (unpaired) electrons. The fourth-order valence-corrected chi connectivity index (χ4v) is 4.06. The Hall–Kier alpha value is -4.26. The third-order valence-corrected chi connectivity index (χ3v) is 5.52. The molecule has 4 aromatic rings. The number of phenols is 1. The van der Waals surface area contributed by atoms with E-state index in [-0.39, 0.29) is 17.1 Å². The van der Waals surface area contributed by atoms with Crippen molar-refractivity contribution in [3.05, 3.63) is 94.3 Å². The maximum Gasteiger partial charge on any atom is 0.344 e. The molecule has 7 nitrogen and oxygen atoms in total. The van der Waals surface area contributed by atoms with Gasteiger partial charge in [0.2, 0.25) is 0 Å². The fourth-order valence-electron chi connectivity index (χ4n) is 4.06. The molecule has 0 saturated carbocycles. The molecule has 0 unspecified atom stereocenters. The molecule has 1 aliphatic rings. The van der Waals surface area contributed by atoms with Crippen LogP contribution in [-0.2, 0) is 4.79 Å². The predicted octanol–water partition coefficient (Wildman–Crippen LogP) is 4.04. The number of amides is 1. The van der Waals surface area contributed by atoms with Crippen molar-refractivity contribution in [1.82, 2.24) is 0 Å². The first-order valence-corrected chi connectivity index (χ1v) is 10.0. The second kappa shape index (κ2) is 7.77. The van der Waals surface area contributed by atoms with Gasteiger partial charge < -0.3 is 24.3 Å². The SMILES string of the molecule is COc1ccc([C@H]2c3c(c4ccccc4oc3=O)O[C@@H]2C(=O)Nc2ccccc2)cc1O. The lowest BCUT2D eigenvalue weighted by Gasteiger charge is -2.19. The van der Waals surface area contributed by atoms with Gasteiger partial charge in [0.1, 0.15) is 11.3 Å². The molecular formula is C25H19NO6. The van der Waals surface area contributed by atoms with Crippen LogP contribution in [0.4, 0.5) is 5.69 Å². The number of carbonyl (C=O) groups is 1. The van der Waals surface area contributed by atoms with Gasteiger partial charge in [-0.05, 0) is 42.0 Å². The van der Waals surface area contributed by atoms with Crippen molar-refractivity contribution >= 4 is 22.6 Å². The summed E-state index contributed by atoms with van der Waals surface area (Å²) in [7, 11) is 1.44. The number of hydrogen-bond acceptors (Lipinski definition) is 6. The Morgan fingerprint density at radius 3 is 2.53 bits per heavy atom. The monoisotopic (exact) mass is 429 g/mol. The van der Waals surface area contributed by atoms with Gasteiger partial charge in [-0.1, -0.05) is 36.4 Å². The number of benzene rings is 3. The topological polar surface area (TPSA) is 98.0 Å². The molecule has 0 bridgehead atoms. The molecule has 0 spiro atoms. The maximum absolute atomic E-state index is 13.3. The number of fused-ring (bicyclic) bond motifs is 3. The van der Waals surface area contributed by atoms with Crippen LogP contribution in [0.1, 0.15) is 17.0 Å². The van der Waals surface area contributed by atoms with E-state index in [1.165, 1.54) is 13.2 Å². The van der Waals surface area contributed by atoms with Gasteiger partial charge in [-0.15, -0.1) is 0 Å². The molecule has 0 fully saturated rings.